The fraction of sp³-hybridized carbons (Fsp3) is 0.292. The Labute approximate surface area is 169 Å². The molecule has 0 unspecified atom stereocenters. The molecule has 5 rings (SSSR count). The number of aryl methyl sites for hydroxylation is 2. The van der Waals surface area contributed by atoms with Gasteiger partial charge in [-0.15, -0.1) is 0 Å². The second kappa shape index (κ2) is 6.99. The van der Waals surface area contributed by atoms with Crippen LogP contribution in [-0.2, 0) is 24.3 Å². The maximum atomic E-state index is 13.0. The molecule has 0 saturated heterocycles. The van der Waals surface area contributed by atoms with E-state index >= 15 is 0 Å². The van der Waals surface area contributed by atoms with Crippen molar-refractivity contribution in [3.05, 3.63) is 65.5 Å². The molecule has 2 aromatic carbocycles. The molecule has 2 aromatic heterocycles. The maximum Gasteiger partial charge on any atom is 0.224 e. The summed E-state index contributed by atoms with van der Waals surface area (Å²) in [6, 6.07) is 14.6. The van der Waals surface area contributed by atoms with Crippen LogP contribution in [0, 0.1) is 6.92 Å². The van der Waals surface area contributed by atoms with Gasteiger partial charge in [0.25, 0.3) is 0 Å². The number of amides is 1. The van der Waals surface area contributed by atoms with Crippen molar-refractivity contribution in [1.82, 2.24) is 14.5 Å². The van der Waals surface area contributed by atoms with Crippen molar-refractivity contribution < 1.29 is 9.53 Å². The van der Waals surface area contributed by atoms with Crippen LogP contribution < -0.4 is 4.74 Å². The number of aromatic nitrogens is 2. The summed E-state index contributed by atoms with van der Waals surface area (Å²) in [5.74, 6) is 1.06. The van der Waals surface area contributed by atoms with Crippen LogP contribution in [0.2, 0.25) is 0 Å². The van der Waals surface area contributed by atoms with Gasteiger partial charge in [-0.25, -0.2) is 0 Å². The molecular formula is C24H25N3O2. The first-order valence-corrected chi connectivity index (χ1v) is 10.1. The number of nitrogens with one attached hydrogen (secondary N) is 1. The second-order valence-electron chi connectivity index (χ2n) is 7.83. The van der Waals surface area contributed by atoms with Crippen LogP contribution in [0.3, 0.4) is 0 Å². The Morgan fingerprint density at radius 1 is 1.17 bits per heavy atom. The van der Waals surface area contributed by atoms with E-state index in [1.54, 1.807) is 7.11 Å². The molecule has 0 spiro atoms. The van der Waals surface area contributed by atoms with Crippen LogP contribution >= 0.6 is 0 Å². The summed E-state index contributed by atoms with van der Waals surface area (Å²) in [4.78, 5) is 18.5. The second-order valence-corrected chi connectivity index (χ2v) is 7.83. The number of hydrogen-bond acceptors (Lipinski definition) is 2. The number of benzene rings is 2. The van der Waals surface area contributed by atoms with E-state index in [0.29, 0.717) is 19.5 Å². The van der Waals surface area contributed by atoms with Gasteiger partial charge in [0.2, 0.25) is 5.91 Å². The number of carbonyl (C=O) groups excluding carboxylic acids is 1. The van der Waals surface area contributed by atoms with Gasteiger partial charge in [0.15, 0.2) is 0 Å². The van der Waals surface area contributed by atoms with Gasteiger partial charge in [0.05, 0.1) is 7.11 Å². The van der Waals surface area contributed by atoms with E-state index in [9.17, 15) is 4.79 Å². The Bertz CT molecular complexity index is 1220. The van der Waals surface area contributed by atoms with Crippen LogP contribution in [0.5, 0.6) is 5.75 Å². The normalized spacial score (nSPS) is 13.8. The quantitative estimate of drug-likeness (QED) is 0.564. The Morgan fingerprint density at radius 2 is 2.07 bits per heavy atom. The first-order chi connectivity index (χ1) is 14.1. The van der Waals surface area contributed by atoms with Gasteiger partial charge in [-0.2, -0.15) is 0 Å². The summed E-state index contributed by atoms with van der Waals surface area (Å²) in [7, 11) is 1.68. The van der Waals surface area contributed by atoms with Gasteiger partial charge in [0, 0.05) is 71.7 Å². The molecule has 5 heteroatoms. The maximum absolute atomic E-state index is 13.0. The summed E-state index contributed by atoms with van der Waals surface area (Å²) in [6.45, 7) is 4.25. The minimum absolute atomic E-state index is 0.211. The lowest BCUT2D eigenvalue weighted by atomic mass is 10.0. The van der Waals surface area contributed by atoms with E-state index in [1.165, 1.54) is 27.7 Å². The average Bonchev–Trinajstić information content (AvgIpc) is 3.33. The molecular weight excluding hydrogens is 362 g/mol. The summed E-state index contributed by atoms with van der Waals surface area (Å²) in [5.41, 5.74) is 6.04. The lowest BCUT2D eigenvalue weighted by Gasteiger charge is -2.27. The first-order valence-electron chi connectivity index (χ1n) is 10.1. The lowest BCUT2D eigenvalue weighted by molar-refractivity contribution is -0.132. The SMILES string of the molecule is COc1ccc2[nH]c3c(c2c1)CN(C(=O)CCn1ccc2c(C)cccc21)CC3. The molecule has 3 heterocycles. The van der Waals surface area contributed by atoms with E-state index in [0.717, 1.165) is 29.6 Å². The fourth-order valence-corrected chi connectivity index (χ4v) is 4.48. The number of rotatable bonds is 4. The third kappa shape index (κ3) is 3.07. The molecule has 0 saturated carbocycles. The van der Waals surface area contributed by atoms with Gasteiger partial charge in [-0.05, 0) is 42.8 Å². The number of methoxy groups -OCH3 is 1. The lowest BCUT2D eigenvalue weighted by Crippen LogP contribution is -2.36. The van der Waals surface area contributed by atoms with Crippen molar-refractivity contribution in [2.75, 3.05) is 13.7 Å². The Kier molecular flexibility index (Phi) is 4.31. The Balaban J connectivity index is 1.33. The summed E-state index contributed by atoms with van der Waals surface area (Å²) in [5, 5.41) is 2.42. The monoisotopic (exact) mass is 387 g/mol. The van der Waals surface area contributed by atoms with Gasteiger partial charge in [-0.1, -0.05) is 12.1 Å². The van der Waals surface area contributed by atoms with Crippen LogP contribution in [-0.4, -0.2) is 34.0 Å². The number of H-pyrrole nitrogens is 1. The molecule has 0 aliphatic carbocycles. The molecule has 148 valence electrons. The van der Waals surface area contributed by atoms with E-state index in [-0.39, 0.29) is 5.91 Å². The van der Waals surface area contributed by atoms with Crippen molar-refractivity contribution in [1.29, 1.82) is 0 Å². The minimum Gasteiger partial charge on any atom is -0.497 e. The first kappa shape index (κ1) is 17.9. The van der Waals surface area contributed by atoms with Crippen molar-refractivity contribution in [2.24, 2.45) is 0 Å². The highest BCUT2D eigenvalue weighted by Crippen LogP contribution is 2.30. The summed E-state index contributed by atoms with van der Waals surface area (Å²) in [6.07, 6.45) is 3.47. The van der Waals surface area contributed by atoms with E-state index in [4.69, 9.17) is 4.74 Å². The summed E-state index contributed by atoms with van der Waals surface area (Å²) < 4.78 is 7.57. The molecule has 4 aromatic rings. The molecule has 1 amide bonds. The topological polar surface area (TPSA) is 50.3 Å². The molecule has 1 aliphatic heterocycles. The average molecular weight is 387 g/mol. The number of fused-ring (bicyclic) bond motifs is 4. The van der Waals surface area contributed by atoms with Crippen molar-refractivity contribution >= 4 is 27.7 Å². The highest BCUT2D eigenvalue weighted by Gasteiger charge is 2.24. The van der Waals surface area contributed by atoms with Crippen molar-refractivity contribution in [3.8, 4) is 5.75 Å². The van der Waals surface area contributed by atoms with Crippen molar-refractivity contribution in [3.63, 3.8) is 0 Å². The number of hydrogen-bond donors (Lipinski definition) is 1. The standard InChI is InChI=1S/C24H25N3O2/c1-16-4-3-5-23-18(16)8-11-26(23)13-10-24(28)27-12-9-22-20(15-27)19-14-17(29-2)6-7-21(19)25-22/h3-8,11,14,25H,9-10,12-13,15H2,1-2H3. The van der Waals surface area contributed by atoms with Crippen LogP contribution in [0.4, 0.5) is 0 Å². The van der Waals surface area contributed by atoms with Crippen LogP contribution in [0.25, 0.3) is 21.8 Å². The largest absolute Gasteiger partial charge is 0.497 e. The number of ether oxygens (including phenoxy) is 1. The van der Waals surface area contributed by atoms with Gasteiger partial charge in [-0.3, -0.25) is 4.79 Å². The third-order valence-electron chi connectivity index (χ3n) is 6.13. The number of carbonyl (C=O) groups is 1. The molecule has 1 aliphatic rings. The smallest absolute Gasteiger partial charge is 0.224 e. The predicted octanol–water partition coefficient (Wildman–Crippen LogP) is 4.41. The highest BCUT2D eigenvalue weighted by atomic mass is 16.5. The molecule has 0 fully saturated rings. The zero-order valence-electron chi connectivity index (χ0n) is 16.9. The summed E-state index contributed by atoms with van der Waals surface area (Å²) >= 11 is 0. The van der Waals surface area contributed by atoms with Gasteiger partial charge >= 0.3 is 0 Å². The molecule has 0 atom stereocenters. The number of nitrogens with zero attached hydrogens (tertiary/aromatic N) is 2. The van der Waals surface area contributed by atoms with Crippen molar-refractivity contribution in [2.45, 2.75) is 32.9 Å². The zero-order chi connectivity index (χ0) is 20.0. The predicted molar refractivity (Wildman–Crippen MR) is 115 cm³/mol. The molecule has 29 heavy (non-hydrogen) atoms. The Morgan fingerprint density at radius 3 is 2.93 bits per heavy atom. The van der Waals surface area contributed by atoms with E-state index in [2.05, 4.69) is 59.1 Å². The molecule has 5 nitrogen and oxygen atoms in total. The minimum atomic E-state index is 0.211. The van der Waals surface area contributed by atoms with Gasteiger partial charge in [0.1, 0.15) is 5.75 Å². The molecule has 0 bridgehead atoms. The fourth-order valence-electron chi connectivity index (χ4n) is 4.48. The molecule has 0 radical (unpaired) electrons. The number of aromatic amines is 1. The van der Waals surface area contributed by atoms with Crippen LogP contribution in [0.15, 0.2) is 48.7 Å². The van der Waals surface area contributed by atoms with E-state index < -0.39 is 0 Å². The highest BCUT2D eigenvalue weighted by molar-refractivity contribution is 5.87. The third-order valence-corrected chi connectivity index (χ3v) is 6.13. The van der Waals surface area contributed by atoms with E-state index in [1.807, 2.05) is 11.0 Å². The van der Waals surface area contributed by atoms with Crippen LogP contribution in [0.1, 0.15) is 23.2 Å². The van der Waals surface area contributed by atoms with Gasteiger partial charge < -0.3 is 19.2 Å². The Hall–Kier alpha value is -3.21. The molecule has 1 N–H and O–H groups in total. The zero-order valence-corrected chi connectivity index (χ0v) is 16.9.